The molecule has 0 spiro atoms. The Morgan fingerprint density at radius 3 is 2.43 bits per heavy atom. The van der Waals surface area contributed by atoms with Crippen LogP contribution in [0.2, 0.25) is 0 Å². The average molecular weight is 265 g/mol. The van der Waals surface area contributed by atoms with Gasteiger partial charge in [-0.2, -0.15) is 13.2 Å². The summed E-state index contributed by atoms with van der Waals surface area (Å²) in [5.74, 6) is 0. The molecule has 0 atom stereocenters. The largest absolute Gasteiger partial charge is 0.416 e. The third-order valence-electron chi connectivity index (χ3n) is 1.65. The molecule has 0 unspecified atom stereocenters. The molecule has 0 saturated heterocycles. The van der Waals surface area contributed by atoms with Crippen LogP contribution >= 0.6 is 15.9 Å². The van der Waals surface area contributed by atoms with Gasteiger partial charge in [0.25, 0.3) is 0 Å². The van der Waals surface area contributed by atoms with Crippen molar-refractivity contribution in [2.45, 2.75) is 6.18 Å². The van der Waals surface area contributed by atoms with Gasteiger partial charge in [0.1, 0.15) is 0 Å². The zero-order valence-corrected chi connectivity index (χ0v) is 8.77. The first kappa shape index (κ1) is 11.3. The van der Waals surface area contributed by atoms with Crippen LogP contribution in [0.1, 0.15) is 11.1 Å². The summed E-state index contributed by atoms with van der Waals surface area (Å²) < 4.78 is 37.3. The minimum atomic E-state index is -4.28. The Morgan fingerprint density at radius 1 is 1.21 bits per heavy atom. The fourth-order valence-electron chi connectivity index (χ4n) is 1.07. The number of benzene rings is 1. The highest BCUT2D eigenvalue weighted by Crippen LogP contribution is 2.32. The molecule has 0 aliphatic carbocycles. The van der Waals surface area contributed by atoms with Crippen LogP contribution in [0.4, 0.5) is 13.2 Å². The number of rotatable bonds is 2. The highest BCUT2D eigenvalue weighted by Gasteiger charge is 2.32. The zero-order valence-electron chi connectivity index (χ0n) is 7.18. The standard InChI is InChI=1S/C10H8BrF3/c11-7-3-5-8-4-1-2-6-9(8)10(12,13)14/h1-6H,7H2. The maximum Gasteiger partial charge on any atom is 0.416 e. The Balaban J connectivity index is 3.10. The minimum absolute atomic E-state index is 0.194. The Labute approximate surface area is 88.6 Å². The van der Waals surface area contributed by atoms with Gasteiger partial charge in [-0.3, -0.25) is 0 Å². The first-order chi connectivity index (χ1) is 6.55. The lowest BCUT2D eigenvalue weighted by Crippen LogP contribution is -2.06. The van der Waals surface area contributed by atoms with Crippen molar-refractivity contribution in [1.29, 1.82) is 0 Å². The molecule has 0 bridgehead atoms. The van der Waals surface area contributed by atoms with E-state index in [2.05, 4.69) is 15.9 Å². The summed E-state index contributed by atoms with van der Waals surface area (Å²) in [6.45, 7) is 0. The Morgan fingerprint density at radius 2 is 1.86 bits per heavy atom. The zero-order chi connectivity index (χ0) is 10.6. The topological polar surface area (TPSA) is 0 Å². The van der Waals surface area contributed by atoms with E-state index in [9.17, 15) is 13.2 Å². The molecule has 0 N–H and O–H groups in total. The summed E-state index contributed by atoms with van der Waals surface area (Å²) in [6, 6.07) is 5.49. The number of hydrogen-bond donors (Lipinski definition) is 0. The summed E-state index contributed by atoms with van der Waals surface area (Å²) in [5.41, 5.74) is -0.406. The van der Waals surface area contributed by atoms with Crippen LogP contribution in [-0.2, 0) is 6.18 Å². The molecule has 0 aliphatic rings. The van der Waals surface area contributed by atoms with E-state index in [-0.39, 0.29) is 5.56 Å². The molecule has 0 aliphatic heterocycles. The molecule has 1 aromatic carbocycles. The van der Waals surface area contributed by atoms with Crippen LogP contribution in [0.3, 0.4) is 0 Å². The van der Waals surface area contributed by atoms with E-state index < -0.39 is 11.7 Å². The van der Waals surface area contributed by atoms with Crippen molar-refractivity contribution in [2.75, 3.05) is 5.33 Å². The SMILES string of the molecule is FC(F)(F)c1ccccc1C=CCBr. The molecule has 0 radical (unpaired) electrons. The molecule has 0 saturated carbocycles. The van der Waals surface area contributed by atoms with Crippen molar-refractivity contribution in [3.05, 3.63) is 41.5 Å². The second kappa shape index (κ2) is 4.64. The predicted octanol–water partition coefficient (Wildman–Crippen LogP) is 4.11. The maximum absolute atomic E-state index is 12.4. The van der Waals surface area contributed by atoms with E-state index in [0.29, 0.717) is 5.33 Å². The smallest absolute Gasteiger partial charge is 0.166 e. The van der Waals surface area contributed by atoms with E-state index >= 15 is 0 Å². The fourth-order valence-corrected chi connectivity index (χ4v) is 1.26. The van der Waals surface area contributed by atoms with Gasteiger partial charge in [0.05, 0.1) is 5.56 Å². The molecule has 0 amide bonds. The van der Waals surface area contributed by atoms with Gasteiger partial charge in [-0.25, -0.2) is 0 Å². The second-order valence-electron chi connectivity index (χ2n) is 2.64. The summed E-state index contributed by atoms with van der Waals surface area (Å²) in [4.78, 5) is 0. The van der Waals surface area contributed by atoms with Gasteiger partial charge in [-0.1, -0.05) is 46.3 Å². The van der Waals surface area contributed by atoms with Crippen molar-refractivity contribution in [2.24, 2.45) is 0 Å². The van der Waals surface area contributed by atoms with E-state index in [1.54, 1.807) is 12.1 Å². The van der Waals surface area contributed by atoms with Crippen LogP contribution in [-0.4, -0.2) is 5.33 Å². The lowest BCUT2D eigenvalue weighted by molar-refractivity contribution is -0.137. The number of halogens is 4. The maximum atomic E-state index is 12.4. The quantitative estimate of drug-likeness (QED) is 0.706. The summed E-state index contributed by atoms with van der Waals surface area (Å²) >= 11 is 3.11. The van der Waals surface area contributed by atoms with Gasteiger partial charge in [0.15, 0.2) is 0 Å². The van der Waals surface area contributed by atoms with Gasteiger partial charge in [0, 0.05) is 5.33 Å². The summed E-state index contributed by atoms with van der Waals surface area (Å²) in [6.07, 6.45) is -1.20. The van der Waals surface area contributed by atoms with Crippen LogP contribution in [0.5, 0.6) is 0 Å². The molecule has 14 heavy (non-hydrogen) atoms. The highest BCUT2D eigenvalue weighted by atomic mass is 79.9. The molecule has 76 valence electrons. The molecule has 0 aromatic heterocycles. The molecule has 1 rings (SSSR count). The first-order valence-corrected chi connectivity index (χ1v) is 5.06. The molecule has 0 nitrogen and oxygen atoms in total. The van der Waals surface area contributed by atoms with Gasteiger partial charge in [0.2, 0.25) is 0 Å². The van der Waals surface area contributed by atoms with Crippen LogP contribution in [0.25, 0.3) is 6.08 Å². The molecular formula is C10H8BrF3. The van der Waals surface area contributed by atoms with Crippen LogP contribution < -0.4 is 0 Å². The number of allylic oxidation sites excluding steroid dienone is 1. The lowest BCUT2D eigenvalue weighted by Gasteiger charge is -2.09. The molecule has 1 aromatic rings. The lowest BCUT2D eigenvalue weighted by atomic mass is 10.1. The molecular weight excluding hydrogens is 257 g/mol. The van der Waals surface area contributed by atoms with Crippen molar-refractivity contribution < 1.29 is 13.2 Å². The van der Waals surface area contributed by atoms with Gasteiger partial charge in [-0.15, -0.1) is 0 Å². The van der Waals surface area contributed by atoms with Gasteiger partial charge >= 0.3 is 6.18 Å². The molecule has 4 heteroatoms. The molecule has 0 fully saturated rings. The van der Waals surface area contributed by atoms with Crippen molar-refractivity contribution in [3.8, 4) is 0 Å². The van der Waals surface area contributed by atoms with E-state index in [4.69, 9.17) is 0 Å². The Hall–Kier alpha value is -0.770. The van der Waals surface area contributed by atoms with E-state index in [1.165, 1.54) is 18.2 Å². The van der Waals surface area contributed by atoms with Gasteiger partial charge < -0.3 is 0 Å². The minimum Gasteiger partial charge on any atom is -0.166 e. The third kappa shape index (κ3) is 2.87. The number of alkyl halides is 4. The number of hydrogen-bond acceptors (Lipinski definition) is 0. The Kier molecular flexibility index (Phi) is 3.75. The third-order valence-corrected chi connectivity index (χ3v) is 2.03. The highest BCUT2D eigenvalue weighted by molar-refractivity contribution is 9.09. The van der Waals surface area contributed by atoms with E-state index in [1.807, 2.05) is 0 Å². The van der Waals surface area contributed by atoms with Crippen molar-refractivity contribution >= 4 is 22.0 Å². The fraction of sp³-hybridized carbons (Fsp3) is 0.200. The van der Waals surface area contributed by atoms with E-state index in [0.717, 1.165) is 6.07 Å². The normalized spacial score (nSPS) is 12.3. The average Bonchev–Trinajstić information content (AvgIpc) is 2.14. The van der Waals surface area contributed by atoms with Crippen molar-refractivity contribution in [1.82, 2.24) is 0 Å². The first-order valence-electron chi connectivity index (χ1n) is 3.94. The summed E-state index contributed by atoms with van der Waals surface area (Å²) in [7, 11) is 0. The van der Waals surface area contributed by atoms with Crippen molar-refractivity contribution in [3.63, 3.8) is 0 Å². The van der Waals surface area contributed by atoms with Crippen LogP contribution in [0.15, 0.2) is 30.3 Å². The predicted molar refractivity (Wildman–Crippen MR) is 54.3 cm³/mol. The monoisotopic (exact) mass is 264 g/mol. The molecule has 0 heterocycles. The van der Waals surface area contributed by atoms with Gasteiger partial charge in [-0.05, 0) is 11.6 Å². The second-order valence-corrected chi connectivity index (χ2v) is 3.29. The Bertz CT molecular complexity index is 328. The summed E-state index contributed by atoms with van der Waals surface area (Å²) in [5, 5.41) is 0.541. The van der Waals surface area contributed by atoms with Crippen LogP contribution in [0, 0.1) is 0 Å².